The van der Waals surface area contributed by atoms with Crippen LogP contribution >= 0.6 is 0 Å². The molecule has 0 bridgehead atoms. The van der Waals surface area contributed by atoms with Gasteiger partial charge >= 0.3 is 12.0 Å². The summed E-state index contributed by atoms with van der Waals surface area (Å²) in [6.45, 7) is 6.24. The van der Waals surface area contributed by atoms with E-state index in [1.165, 1.54) is 0 Å². The predicted molar refractivity (Wildman–Crippen MR) is 69.8 cm³/mol. The van der Waals surface area contributed by atoms with Crippen LogP contribution in [0.2, 0.25) is 0 Å². The summed E-state index contributed by atoms with van der Waals surface area (Å²) in [6, 6.07) is 2.54. The zero-order valence-electron chi connectivity index (χ0n) is 11.1. The number of benzene rings is 1. The van der Waals surface area contributed by atoms with Crippen LogP contribution in [-0.2, 0) is 0 Å². The fourth-order valence-electron chi connectivity index (χ4n) is 1.32. The van der Waals surface area contributed by atoms with Gasteiger partial charge in [-0.15, -0.1) is 0 Å². The lowest BCUT2D eigenvalue weighted by Gasteiger charge is -2.19. The molecule has 104 valence electrons. The summed E-state index contributed by atoms with van der Waals surface area (Å²) in [5.41, 5.74) is -0.333. The van der Waals surface area contributed by atoms with Crippen molar-refractivity contribution in [1.29, 1.82) is 0 Å². The number of aromatic carboxylic acids is 1. The fraction of sp³-hybridized carbons (Fsp3) is 0.385. The second kappa shape index (κ2) is 5.69. The first-order chi connectivity index (χ1) is 8.69. The van der Waals surface area contributed by atoms with Gasteiger partial charge in [-0.3, -0.25) is 0 Å². The van der Waals surface area contributed by atoms with E-state index < -0.39 is 17.8 Å². The van der Waals surface area contributed by atoms with Crippen LogP contribution in [0.1, 0.15) is 31.1 Å². The minimum Gasteiger partial charge on any atom is -0.478 e. The lowest BCUT2D eigenvalue weighted by molar-refractivity contribution is 0.0698. The lowest BCUT2D eigenvalue weighted by Crippen LogP contribution is -2.35. The maximum absolute atomic E-state index is 13.1. The first kappa shape index (κ1) is 14.9. The van der Waals surface area contributed by atoms with E-state index in [9.17, 15) is 14.0 Å². The number of rotatable bonds is 3. The highest BCUT2D eigenvalue weighted by Gasteiger charge is 2.15. The molecule has 6 heteroatoms. The van der Waals surface area contributed by atoms with E-state index in [0.717, 1.165) is 18.2 Å². The molecule has 0 atom stereocenters. The number of urea groups is 1. The summed E-state index contributed by atoms with van der Waals surface area (Å²) in [5.74, 6) is -1.85. The molecule has 1 aromatic carbocycles. The number of carboxylic acids is 1. The lowest BCUT2D eigenvalue weighted by atomic mass is 9.97. The Bertz CT molecular complexity index is 495. The van der Waals surface area contributed by atoms with Crippen molar-refractivity contribution >= 4 is 17.7 Å². The molecule has 1 rings (SSSR count). The van der Waals surface area contributed by atoms with Gasteiger partial charge in [0.05, 0.1) is 11.3 Å². The van der Waals surface area contributed by atoms with Crippen LogP contribution < -0.4 is 10.6 Å². The minimum absolute atomic E-state index is 0.0705. The number of carboxylic acid groups (broad SMARTS) is 1. The number of halogens is 1. The molecule has 0 aromatic heterocycles. The van der Waals surface area contributed by atoms with Gasteiger partial charge in [-0.05, 0) is 23.6 Å². The largest absolute Gasteiger partial charge is 0.478 e. The number of carbonyl (C=O) groups excluding carboxylic acids is 1. The van der Waals surface area contributed by atoms with Crippen LogP contribution in [0.5, 0.6) is 0 Å². The van der Waals surface area contributed by atoms with E-state index >= 15 is 0 Å². The summed E-state index contributed by atoms with van der Waals surface area (Å²) < 4.78 is 13.1. The van der Waals surface area contributed by atoms with Gasteiger partial charge in [0.1, 0.15) is 5.82 Å². The van der Waals surface area contributed by atoms with Gasteiger partial charge in [0.25, 0.3) is 0 Å². The molecule has 1 aromatic rings. The summed E-state index contributed by atoms with van der Waals surface area (Å²) in [6.07, 6.45) is 0. The molecule has 0 aliphatic carbocycles. The fourth-order valence-corrected chi connectivity index (χ4v) is 1.32. The van der Waals surface area contributed by atoms with Crippen molar-refractivity contribution < 1.29 is 19.1 Å². The number of amides is 2. The molecule has 0 saturated heterocycles. The molecule has 0 unspecified atom stereocenters. The van der Waals surface area contributed by atoms with Crippen LogP contribution in [0.4, 0.5) is 14.9 Å². The summed E-state index contributed by atoms with van der Waals surface area (Å²) in [7, 11) is 0. The average molecular weight is 268 g/mol. The number of anilines is 1. The van der Waals surface area contributed by atoms with Gasteiger partial charge in [-0.25, -0.2) is 14.0 Å². The maximum Gasteiger partial charge on any atom is 0.337 e. The van der Waals surface area contributed by atoms with Gasteiger partial charge in [0.2, 0.25) is 0 Å². The van der Waals surface area contributed by atoms with Crippen LogP contribution in [0.15, 0.2) is 18.2 Å². The van der Waals surface area contributed by atoms with Crippen molar-refractivity contribution in [3.8, 4) is 0 Å². The first-order valence-electron chi connectivity index (χ1n) is 5.77. The Morgan fingerprint density at radius 2 is 1.95 bits per heavy atom. The Balaban J connectivity index is 2.78. The maximum atomic E-state index is 13.1. The minimum atomic E-state index is -1.23. The van der Waals surface area contributed by atoms with Gasteiger partial charge < -0.3 is 15.7 Å². The SMILES string of the molecule is CC(C)(C)CNC(=O)Nc1cc(F)ccc1C(=O)O. The highest BCUT2D eigenvalue weighted by Crippen LogP contribution is 2.17. The molecule has 2 amide bonds. The predicted octanol–water partition coefficient (Wildman–Crippen LogP) is 2.69. The third-order valence-electron chi connectivity index (χ3n) is 2.24. The van der Waals surface area contributed by atoms with Crippen molar-refractivity contribution in [1.82, 2.24) is 5.32 Å². The van der Waals surface area contributed by atoms with E-state index in [1.807, 2.05) is 20.8 Å². The molecule has 0 spiro atoms. The summed E-state index contributed by atoms with van der Waals surface area (Å²) in [4.78, 5) is 22.5. The number of nitrogens with one attached hydrogen (secondary N) is 2. The molecule has 0 radical (unpaired) electrons. The molecule has 0 heterocycles. The monoisotopic (exact) mass is 268 g/mol. The number of carbonyl (C=O) groups is 2. The van der Waals surface area contributed by atoms with Crippen molar-refractivity contribution in [2.45, 2.75) is 20.8 Å². The van der Waals surface area contributed by atoms with Crippen LogP contribution in [0.3, 0.4) is 0 Å². The summed E-state index contributed by atoms with van der Waals surface area (Å²) >= 11 is 0. The summed E-state index contributed by atoms with van der Waals surface area (Å²) in [5, 5.41) is 13.9. The molecule has 0 aliphatic heterocycles. The second-order valence-corrected chi connectivity index (χ2v) is 5.36. The Hall–Kier alpha value is -2.11. The highest BCUT2D eigenvalue weighted by atomic mass is 19.1. The van der Waals surface area contributed by atoms with Crippen LogP contribution in [0, 0.1) is 11.2 Å². The van der Waals surface area contributed by atoms with E-state index in [4.69, 9.17) is 5.11 Å². The third kappa shape index (κ3) is 4.95. The first-order valence-corrected chi connectivity index (χ1v) is 5.77. The third-order valence-corrected chi connectivity index (χ3v) is 2.24. The zero-order valence-corrected chi connectivity index (χ0v) is 11.1. The normalized spacial score (nSPS) is 10.9. The topological polar surface area (TPSA) is 78.4 Å². The number of hydrogen-bond donors (Lipinski definition) is 3. The quantitative estimate of drug-likeness (QED) is 0.788. The molecule has 3 N–H and O–H groups in total. The van der Waals surface area contributed by atoms with Gasteiger partial charge in [0, 0.05) is 6.54 Å². The van der Waals surface area contributed by atoms with Crippen molar-refractivity contribution in [3.05, 3.63) is 29.6 Å². The molecule has 19 heavy (non-hydrogen) atoms. The van der Waals surface area contributed by atoms with Crippen LogP contribution in [0.25, 0.3) is 0 Å². The van der Waals surface area contributed by atoms with Crippen molar-refractivity contribution in [2.75, 3.05) is 11.9 Å². The molecular weight excluding hydrogens is 251 g/mol. The van der Waals surface area contributed by atoms with E-state index in [1.54, 1.807) is 0 Å². The Morgan fingerprint density at radius 3 is 2.47 bits per heavy atom. The van der Waals surface area contributed by atoms with Gasteiger partial charge in [0.15, 0.2) is 0 Å². The molecular formula is C13H17FN2O3. The Labute approximate surface area is 110 Å². The van der Waals surface area contributed by atoms with E-state index in [-0.39, 0.29) is 16.7 Å². The molecule has 0 fully saturated rings. The highest BCUT2D eigenvalue weighted by molar-refractivity contribution is 5.99. The van der Waals surface area contributed by atoms with Crippen molar-refractivity contribution in [3.63, 3.8) is 0 Å². The van der Waals surface area contributed by atoms with Gasteiger partial charge in [-0.2, -0.15) is 0 Å². The van der Waals surface area contributed by atoms with Gasteiger partial charge in [-0.1, -0.05) is 20.8 Å². The Morgan fingerprint density at radius 1 is 1.32 bits per heavy atom. The van der Waals surface area contributed by atoms with E-state index in [2.05, 4.69) is 10.6 Å². The Kier molecular flexibility index (Phi) is 4.47. The van der Waals surface area contributed by atoms with Crippen molar-refractivity contribution in [2.24, 2.45) is 5.41 Å². The average Bonchev–Trinajstić information content (AvgIpc) is 2.25. The standard InChI is InChI=1S/C13H17FN2O3/c1-13(2,3)7-15-12(19)16-10-6-8(14)4-5-9(10)11(17)18/h4-6H,7H2,1-3H3,(H,17,18)(H2,15,16,19). The molecule has 5 nitrogen and oxygen atoms in total. The second-order valence-electron chi connectivity index (χ2n) is 5.36. The smallest absolute Gasteiger partial charge is 0.337 e. The zero-order chi connectivity index (χ0) is 14.6. The van der Waals surface area contributed by atoms with E-state index in [0.29, 0.717) is 6.54 Å². The molecule has 0 saturated carbocycles. The molecule has 0 aliphatic rings. The number of hydrogen-bond acceptors (Lipinski definition) is 2. The van der Waals surface area contributed by atoms with Crippen LogP contribution in [-0.4, -0.2) is 23.7 Å².